The van der Waals surface area contributed by atoms with Crippen molar-refractivity contribution in [2.75, 3.05) is 13.7 Å². The summed E-state index contributed by atoms with van der Waals surface area (Å²) in [6.45, 7) is 1.00. The number of rotatable bonds is 5. The molecule has 144 valence electrons. The smallest absolute Gasteiger partial charge is 0.223 e. The van der Waals surface area contributed by atoms with Crippen molar-refractivity contribution in [1.29, 1.82) is 0 Å². The monoisotopic (exact) mass is 377 g/mol. The Labute approximate surface area is 164 Å². The van der Waals surface area contributed by atoms with Gasteiger partial charge in [-0.2, -0.15) is 5.10 Å². The predicted octanol–water partition coefficient (Wildman–Crippen LogP) is 3.14. The lowest BCUT2D eigenvalue weighted by molar-refractivity contribution is -0.125. The van der Waals surface area contributed by atoms with Crippen LogP contribution in [0.15, 0.2) is 60.9 Å². The van der Waals surface area contributed by atoms with E-state index in [2.05, 4.69) is 10.4 Å². The second-order valence-electron chi connectivity index (χ2n) is 6.86. The summed E-state index contributed by atoms with van der Waals surface area (Å²) in [6.07, 6.45) is 5.10. The summed E-state index contributed by atoms with van der Waals surface area (Å²) >= 11 is 0. The Morgan fingerprint density at radius 2 is 2.18 bits per heavy atom. The molecular weight excluding hydrogens is 354 g/mol. The van der Waals surface area contributed by atoms with Crippen LogP contribution in [-0.4, -0.2) is 29.4 Å². The third-order valence-corrected chi connectivity index (χ3v) is 4.95. The summed E-state index contributed by atoms with van der Waals surface area (Å²) in [5.74, 6) is 1.63. The fourth-order valence-electron chi connectivity index (χ4n) is 3.39. The molecule has 1 aliphatic heterocycles. The number of benzene rings is 2. The first-order chi connectivity index (χ1) is 13.7. The zero-order chi connectivity index (χ0) is 19.3. The number of amides is 1. The Morgan fingerprint density at radius 3 is 3.07 bits per heavy atom. The SMILES string of the molecule is COc1cccc(-n2cc(CNC(=O)[C@@H]3CCOc4ccccc4C3)cn2)c1. The van der Waals surface area contributed by atoms with E-state index >= 15 is 0 Å². The number of methoxy groups -OCH3 is 1. The van der Waals surface area contributed by atoms with Crippen LogP contribution in [0.25, 0.3) is 5.69 Å². The molecule has 0 radical (unpaired) electrons. The van der Waals surface area contributed by atoms with Crippen LogP contribution < -0.4 is 14.8 Å². The molecule has 0 bridgehead atoms. The van der Waals surface area contributed by atoms with Gasteiger partial charge in [0.2, 0.25) is 5.91 Å². The number of para-hydroxylation sites is 1. The van der Waals surface area contributed by atoms with Gasteiger partial charge in [-0.15, -0.1) is 0 Å². The van der Waals surface area contributed by atoms with Crippen LogP contribution in [0.2, 0.25) is 0 Å². The van der Waals surface area contributed by atoms with Crippen molar-refractivity contribution in [3.63, 3.8) is 0 Å². The highest BCUT2D eigenvalue weighted by molar-refractivity contribution is 5.79. The summed E-state index contributed by atoms with van der Waals surface area (Å²) in [7, 11) is 1.64. The number of aromatic nitrogens is 2. The number of carbonyl (C=O) groups is 1. The van der Waals surface area contributed by atoms with Gasteiger partial charge < -0.3 is 14.8 Å². The molecule has 1 amide bonds. The summed E-state index contributed by atoms with van der Waals surface area (Å²) in [4.78, 5) is 12.7. The Bertz CT molecular complexity index is 967. The number of nitrogens with zero attached hydrogens (tertiary/aromatic N) is 2. The Kier molecular flexibility index (Phi) is 5.28. The molecule has 2 aromatic carbocycles. The molecule has 0 saturated carbocycles. The standard InChI is InChI=1S/C22H23N3O3/c1-27-20-7-4-6-19(12-20)25-15-16(14-24-25)13-23-22(26)18-9-10-28-21-8-3-2-5-17(21)11-18/h2-8,12,14-15,18H,9-11,13H2,1H3,(H,23,26)/t18-/m1/s1. The molecule has 6 heteroatoms. The number of nitrogens with one attached hydrogen (secondary N) is 1. The second-order valence-corrected chi connectivity index (χ2v) is 6.86. The molecule has 1 aliphatic rings. The minimum atomic E-state index is -0.0860. The van der Waals surface area contributed by atoms with Crippen molar-refractivity contribution in [3.8, 4) is 17.2 Å². The van der Waals surface area contributed by atoms with Crippen LogP contribution in [0, 0.1) is 5.92 Å². The van der Waals surface area contributed by atoms with Crippen molar-refractivity contribution in [2.24, 2.45) is 5.92 Å². The Hall–Kier alpha value is -3.28. The molecule has 0 fully saturated rings. The van der Waals surface area contributed by atoms with Gasteiger partial charge in [0.05, 0.1) is 25.6 Å². The van der Waals surface area contributed by atoms with E-state index < -0.39 is 0 Å². The summed E-state index contributed by atoms with van der Waals surface area (Å²) in [6, 6.07) is 15.6. The average molecular weight is 377 g/mol. The molecule has 1 aromatic heterocycles. The van der Waals surface area contributed by atoms with E-state index in [0.29, 0.717) is 26.0 Å². The van der Waals surface area contributed by atoms with Crippen LogP contribution in [-0.2, 0) is 17.8 Å². The van der Waals surface area contributed by atoms with E-state index in [1.54, 1.807) is 18.0 Å². The van der Waals surface area contributed by atoms with E-state index in [1.807, 2.05) is 54.7 Å². The maximum absolute atomic E-state index is 12.7. The molecule has 4 rings (SSSR count). The van der Waals surface area contributed by atoms with E-state index in [1.165, 1.54) is 0 Å². The summed E-state index contributed by atoms with van der Waals surface area (Å²) < 4.78 is 12.8. The van der Waals surface area contributed by atoms with Crippen LogP contribution in [0.5, 0.6) is 11.5 Å². The van der Waals surface area contributed by atoms with Gasteiger partial charge in [0, 0.05) is 30.3 Å². The van der Waals surface area contributed by atoms with E-state index in [4.69, 9.17) is 9.47 Å². The van der Waals surface area contributed by atoms with Crippen LogP contribution in [0.3, 0.4) is 0 Å². The van der Waals surface area contributed by atoms with Gasteiger partial charge in [0.1, 0.15) is 11.5 Å². The van der Waals surface area contributed by atoms with E-state index in [9.17, 15) is 4.79 Å². The fraction of sp³-hybridized carbons (Fsp3) is 0.273. The lowest BCUT2D eigenvalue weighted by atomic mass is 9.96. The molecule has 2 heterocycles. The minimum absolute atomic E-state index is 0.0504. The van der Waals surface area contributed by atoms with Crippen LogP contribution >= 0.6 is 0 Å². The zero-order valence-corrected chi connectivity index (χ0v) is 15.8. The van der Waals surface area contributed by atoms with Gasteiger partial charge in [0.15, 0.2) is 0 Å². The highest BCUT2D eigenvalue weighted by Gasteiger charge is 2.23. The normalized spacial score (nSPS) is 15.8. The largest absolute Gasteiger partial charge is 0.497 e. The molecule has 1 N–H and O–H groups in total. The minimum Gasteiger partial charge on any atom is -0.497 e. The first-order valence-corrected chi connectivity index (χ1v) is 9.39. The lowest BCUT2D eigenvalue weighted by Crippen LogP contribution is -2.31. The van der Waals surface area contributed by atoms with Gasteiger partial charge in [-0.3, -0.25) is 4.79 Å². The highest BCUT2D eigenvalue weighted by atomic mass is 16.5. The van der Waals surface area contributed by atoms with Crippen molar-refractivity contribution in [3.05, 3.63) is 72.1 Å². The van der Waals surface area contributed by atoms with Crippen molar-refractivity contribution in [2.45, 2.75) is 19.4 Å². The average Bonchev–Trinajstić information content (AvgIpc) is 3.10. The molecule has 0 spiro atoms. The number of ether oxygens (including phenoxy) is 2. The zero-order valence-electron chi connectivity index (χ0n) is 15.8. The summed E-state index contributed by atoms with van der Waals surface area (Å²) in [5.41, 5.74) is 2.95. The predicted molar refractivity (Wildman–Crippen MR) is 106 cm³/mol. The molecule has 6 nitrogen and oxygen atoms in total. The van der Waals surface area contributed by atoms with Gasteiger partial charge in [-0.05, 0) is 36.6 Å². The van der Waals surface area contributed by atoms with Gasteiger partial charge in [-0.25, -0.2) is 4.68 Å². The maximum atomic E-state index is 12.7. The molecule has 1 atom stereocenters. The quantitative estimate of drug-likeness (QED) is 0.742. The third-order valence-electron chi connectivity index (χ3n) is 4.95. The fourth-order valence-corrected chi connectivity index (χ4v) is 3.39. The molecule has 0 unspecified atom stereocenters. The Morgan fingerprint density at radius 1 is 1.29 bits per heavy atom. The molecule has 28 heavy (non-hydrogen) atoms. The molecule has 0 aliphatic carbocycles. The maximum Gasteiger partial charge on any atom is 0.223 e. The third kappa shape index (κ3) is 4.01. The van der Waals surface area contributed by atoms with E-state index in [-0.39, 0.29) is 11.8 Å². The molecule has 3 aromatic rings. The number of hydrogen-bond acceptors (Lipinski definition) is 4. The molecular formula is C22H23N3O3. The first kappa shape index (κ1) is 18.1. The van der Waals surface area contributed by atoms with Gasteiger partial charge in [0.25, 0.3) is 0 Å². The number of hydrogen-bond donors (Lipinski definition) is 1. The number of carbonyl (C=O) groups excluding carboxylic acids is 1. The topological polar surface area (TPSA) is 65.4 Å². The van der Waals surface area contributed by atoms with Crippen LogP contribution in [0.4, 0.5) is 0 Å². The second kappa shape index (κ2) is 8.17. The highest BCUT2D eigenvalue weighted by Crippen LogP contribution is 2.26. The van der Waals surface area contributed by atoms with Crippen molar-refractivity contribution in [1.82, 2.24) is 15.1 Å². The van der Waals surface area contributed by atoms with Crippen LogP contribution in [0.1, 0.15) is 17.5 Å². The number of fused-ring (bicyclic) bond motifs is 1. The summed E-state index contributed by atoms with van der Waals surface area (Å²) in [5, 5.41) is 7.43. The van der Waals surface area contributed by atoms with E-state index in [0.717, 1.165) is 28.3 Å². The van der Waals surface area contributed by atoms with Crippen molar-refractivity contribution < 1.29 is 14.3 Å². The Balaban J connectivity index is 1.38. The van der Waals surface area contributed by atoms with Gasteiger partial charge in [-0.1, -0.05) is 24.3 Å². The first-order valence-electron chi connectivity index (χ1n) is 9.39. The molecule has 0 saturated heterocycles. The van der Waals surface area contributed by atoms with Crippen molar-refractivity contribution >= 4 is 5.91 Å². The van der Waals surface area contributed by atoms with Gasteiger partial charge >= 0.3 is 0 Å². The lowest BCUT2D eigenvalue weighted by Gasteiger charge is -2.13.